The first-order valence-corrected chi connectivity index (χ1v) is 12.5. The maximum atomic E-state index is 12.5. The van der Waals surface area contributed by atoms with Crippen LogP contribution in [0.2, 0.25) is 0 Å². The number of rotatable bonds is 14. The minimum Gasteiger partial charge on any atom is -0.494 e. The van der Waals surface area contributed by atoms with Gasteiger partial charge in [0, 0.05) is 0 Å². The van der Waals surface area contributed by atoms with Crippen LogP contribution in [0, 0.1) is 0 Å². The molecule has 0 radical (unpaired) electrons. The van der Waals surface area contributed by atoms with E-state index < -0.39 is 0 Å². The van der Waals surface area contributed by atoms with E-state index in [0.717, 1.165) is 42.1 Å². The van der Waals surface area contributed by atoms with Gasteiger partial charge in [0.25, 0.3) is 0 Å². The maximum Gasteiger partial charge on any atom is 0.343 e. The van der Waals surface area contributed by atoms with Crippen LogP contribution in [-0.4, -0.2) is 19.2 Å². The first kappa shape index (κ1) is 25.4. The van der Waals surface area contributed by atoms with E-state index in [4.69, 9.17) is 14.2 Å². The van der Waals surface area contributed by atoms with Gasteiger partial charge in [-0.3, -0.25) is 0 Å². The molecule has 0 aliphatic rings. The minimum atomic E-state index is -0.382. The lowest BCUT2D eigenvalue weighted by Gasteiger charge is -2.09. The van der Waals surface area contributed by atoms with Gasteiger partial charge < -0.3 is 14.2 Å². The lowest BCUT2D eigenvalue weighted by atomic mass is 10.0. The van der Waals surface area contributed by atoms with Gasteiger partial charge in [0.2, 0.25) is 0 Å². The van der Waals surface area contributed by atoms with E-state index >= 15 is 0 Å². The van der Waals surface area contributed by atoms with Crippen molar-refractivity contribution in [2.45, 2.75) is 58.8 Å². The highest BCUT2D eigenvalue weighted by Crippen LogP contribution is 2.24. The smallest absolute Gasteiger partial charge is 0.343 e. The minimum absolute atomic E-state index is 0.382. The van der Waals surface area contributed by atoms with Crippen molar-refractivity contribution >= 4 is 5.97 Å². The normalized spacial score (nSPS) is 10.6. The molecule has 0 amide bonds. The lowest BCUT2D eigenvalue weighted by Crippen LogP contribution is -2.08. The van der Waals surface area contributed by atoms with Crippen LogP contribution in [0.25, 0.3) is 11.1 Å². The number of hydrogen-bond acceptors (Lipinski definition) is 4. The van der Waals surface area contributed by atoms with E-state index in [2.05, 4.69) is 13.8 Å². The molecular weight excluding hydrogens is 424 g/mol. The molecule has 0 unspecified atom stereocenters. The van der Waals surface area contributed by atoms with E-state index in [1.54, 1.807) is 24.3 Å². The Morgan fingerprint density at radius 1 is 0.559 bits per heavy atom. The van der Waals surface area contributed by atoms with Gasteiger partial charge in [-0.25, -0.2) is 4.79 Å². The van der Waals surface area contributed by atoms with Crippen molar-refractivity contribution in [2.75, 3.05) is 13.2 Å². The Morgan fingerprint density at radius 2 is 1.06 bits per heavy atom. The number of benzene rings is 3. The molecule has 3 aromatic rings. The van der Waals surface area contributed by atoms with Crippen molar-refractivity contribution in [2.24, 2.45) is 0 Å². The molecule has 0 saturated heterocycles. The van der Waals surface area contributed by atoms with Crippen molar-refractivity contribution in [3.05, 3.63) is 78.4 Å². The molecule has 34 heavy (non-hydrogen) atoms. The summed E-state index contributed by atoms with van der Waals surface area (Å²) in [6.45, 7) is 5.72. The van der Waals surface area contributed by atoms with Crippen molar-refractivity contribution in [3.63, 3.8) is 0 Å². The predicted molar refractivity (Wildman–Crippen MR) is 138 cm³/mol. The number of ether oxygens (including phenoxy) is 3. The Kier molecular flexibility index (Phi) is 10.5. The van der Waals surface area contributed by atoms with Crippen LogP contribution in [0.3, 0.4) is 0 Å². The van der Waals surface area contributed by atoms with Gasteiger partial charge in [0.1, 0.15) is 17.2 Å². The molecule has 4 nitrogen and oxygen atoms in total. The fourth-order valence-electron chi connectivity index (χ4n) is 3.60. The summed E-state index contributed by atoms with van der Waals surface area (Å²) >= 11 is 0. The summed E-state index contributed by atoms with van der Waals surface area (Å²) in [6.07, 6.45) is 8.49. The fourth-order valence-corrected chi connectivity index (χ4v) is 3.60. The second-order valence-electron chi connectivity index (χ2n) is 8.43. The molecule has 0 aromatic heterocycles. The molecule has 0 heterocycles. The zero-order valence-corrected chi connectivity index (χ0v) is 20.4. The van der Waals surface area contributed by atoms with Gasteiger partial charge in [0.05, 0.1) is 18.8 Å². The molecule has 0 spiro atoms. The summed E-state index contributed by atoms with van der Waals surface area (Å²) < 4.78 is 16.9. The number of esters is 1. The highest BCUT2D eigenvalue weighted by Gasteiger charge is 2.09. The number of carbonyl (C=O) groups excluding carboxylic acids is 1. The quantitative estimate of drug-likeness (QED) is 0.138. The van der Waals surface area contributed by atoms with Crippen LogP contribution >= 0.6 is 0 Å². The summed E-state index contributed by atoms with van der Waals surface area (Å²) in [5.74, 6) is 1.77. The fraction of sp³-hybridized carbons (Fsp3) is 0.367. The first-order valence-electron chi connectivity index (χ1n) is 12.5. The monoisotopic (exact) mass is 460 g/mol. The topological polar surface area (TPSA) is 44.8 Å². The highest BCUT2D eigenvalue weighted by atomic mass is 16.5. The van der Waals surface area contributed by atoms with Gasteiger partial charge in [-0.1, -0.05) is 70.2 Å². The third kappa shape index (κ3) is 8.26. The molecule has 0 atom stereocenters. The van der Waals surface area contributed by atoms with Crippen LogP contribution in [0.4, 0.5) is 0 Å². The number of carbonyl (C=O) groups is 1. The van der Waals surface area contributed by atoms with E-state index in [0.29, 0.717) is 17.9 Å². The van der Waals surface area contributed by atoms with Crippen molar-refractivity contribution in [3.8, 4) is 28.4 Å². The molecule has 0 bridgehead atoms. The molecule has 0 fully saturated rings. The SMILES string of the molecule is CCCCCCCCOc1ccc(-c2ccc(C(=O)Oc3ccc(OCCC)cc3)cc2)cc1. The summed E-state index contributed by atoms with van der Waals surface area (Å²) in [5, 5.41) is 0. The summed E-state index contributed by atoms with van der Waals surface area (Å²) in [4.78, 5) is 12.5. The summed E-state index contributed by atoms with van der Waals surface area (Å²) in [5.41, 5.74) is 2.62. The van der Waals surface area contributed by atoms with Crippen LogP contribution < -0.4 is 14.2 Å². The largest absolute Gasteiger partial charge is 0.494 e. The molecular formula is C30H36O4. The first-order chi connectivity index (χ1) is 16.7. The van der Waals surface area contributed by atoms with E-state index in [1.807, 2.05) is 48.5 Å². The molecule has 0 N–H and O–H groups in total. The predicted octanol–water partition coefficient (Wildman–Crippen LogP) is 8.10. The standard InChI is InChI=1S/C30H36O4/c1-3-5-6-7-8-9-23-33-27-16-14-25(15-17-27)24-10-12-26(13-11-24)30(31)34-29-20-18-28(19-21-29)32-22-4-2/h10-21H,3-9,22-23H2,1-2H3. The average molecular weight is 461 g/mol. The molecule has 0 aliphatic heterocycles. The van der Waals surface area contributed by atoms with Gasteiger partial charge >= 0.3 is 5.97 Å². The van der Waals surface area contributed by atoms with Crippen LogP contribution in [0.15, 0.2) is 72.8 Å². The lowest BCUT2D eigenvalue weighted by molar-refractivity contribution is 0.0734. The van der Waals surface area contributed by atoms with Crippen molar-refractivity contribution in [1.29, 1.82) is 0 Å². The molecule has 3 rings (SSSR count). The molecule has 0 aliphatic carbocycles. The van der Waals surface area contributed by atoms with E-state index in [1.165, 1.54) is 32.1 Å². The Labute approximate surface area is 203 Å². The second-order valence-corrected chi connectivity index (χ2v) is 8.43. The van der Waals surface area contributed by atoms with Crippen LogP contribution in [-0.2, 0) is 0 Å². The Bertz CT molecular complexity index is 976. The number of hydrogen-bond donors (Lipinski definition) is 0. The maximum absolute atomic E-state index is 12.5. The average Bonchev–Trinajstić information content (AvgIpc) is 2.88. The van der Waals surface area contributed by atoms with E-state index in [9.17, 15) is 4.79 Å². The van der Waals surface area contributed by atoms with Gasteiger partial charge in [-0.2, -0.15) is 0 Å². The van der Waals surface area contributed by atoms with Crippen molar-refractivity contribution in [1.82, 2.24) is 0 Å². The van der Waals surface area contributed by atoms with Gasteiger partial charge in [-0.05, 0) is 72.5 Å². The van der Waals surface area contributed by atoms with Crippen LogP contribution in [0.1, 0.15) is 69.2 Å². The summed E-state index contributed by atoms with van der Waals surface area (Å²) in [6, 6.07) is 22.7. The number of unbranched alkanes of at least 4 members (excludes halogenated alkanes) is 5. The third-order valence-corrected chi connectivity index (χ3v) is 5.58. The summed E-state index contributed by atoms with van der Waals surface area (Å²) in [7, 11) is 0. The van der Waals surface area contributed by atoms with Crippen LogP contribution in [0.5, 0.6) is 17.2 Å². The Morgan fingerprint density at radius 3 is 1.68 bits per heavy atom. The Hall–Kier alpha value is -3.27. The highest BCUT2D eigenvalue weighted by molar-refractivity contribution is 5.91. The second kappa shape index (κ2) is 14.1. The third-order valence-electron chi connectivity index (χ3n) is 5.58. The van der Waals surface area contributed by atoms with Gasteiger partial charge in [0.15, 0.2) is 0 Å². The molecule has 4 heteroatoms. The molecule has 3 aromatic carbocycles. The Balaban J connectivity index is 1.47. The zero-order valence-electron chi connectivity index (χ0n) is 20.4. The van der Waals surface area contributed by atoms with E-state index in [-0.39, 0.29) is 5.97 Å². The molecule has 0 saturated carbocycles. The van der Waals surface area contributed by atoms with Gasteiger partial charge in [-0.15, -0.1) is 0 Å². The molecule has 180 valence electrons. The van der Waals surface area contributed by atoms with Crippen molar-refractivity contribution < 1.29 is 19.0 Å². The zero-order chi connectivity index (χ0) is 24.0.